The second kappa shape index (κ2) is 10.3. The van der Waals surface area contributed by atoms with E-state index in [-0.39, 0.29) is 0 Å². The number of piperazine rings is 1. The molecule has 1 aromatic heterocycles. The van der Waals surface area contributed by atoms with Gasteiger partial charge in [-0.15, -0.1) is 0 Å². The van der Waals surface area contributed by atoms with Crippen LogP contribution in [0.3, 0.4) is 0 Å². The molecule has 2 N–H and O–H groups in total. The van der Waals surface area contributed by atoms with Gasteiger partial charge in [-0.25, -0.2) is 20.0 Å². The number of nitrogens with one attached hydrogen (secondary N) is 2. The van der Waals surface area contributed by atoms with Crippen LogP contribution in [-0.4, -0.2) is 72.4 Å². The molecule has 0 unspecified atom stereocenters. The number of rotatable bonds is 6. The third-order valence-corrected chi connectivity index (χ3v) is 6.63. The first-order valence-electron chi connectivity index (χ1n) is 11.1. The van der Waals surface area contributed by atoms with E-state index in [1.165, 1.54) is 0 Å². The van der Waals surface area contributed by atoms with Crippen molar-refractivity contribution in [3.8, 4) is 0 Å². The van der Waals surface area contributed by atoms with Gasteiger partial charge >= 0.3 is 0 Å². The molecular weight excluding hydrogens is 420 g/mol. The van der Waals surface area contributed by atoms with Crippen molar-refractivity contribution in [1.82, 2.24) is 14.9 Å². The largest absolute Gasteiger partial charge is 0.377 e. The highest BCUT2D eigenvalue weighted by Crippen LogP contribution is 2.28. The molecule has 2 aromatic rings. The maximum absolute atomic E-state index is 4.93. The molecule has 0 radical (unpaired) electrons. The van der Waals surface area contributed by atoms with Gasteiger partial charge in [0.25, 0.3) is 0 Å². The van der Waals surface area contributed by atoms with Crippen molar-refractivity contribution in [3.63, 3.8) is 0 Å². The number of fused-ring (bicyclic) bond motifs is 1. The third kappa shape index (κ3) is 5.58. The van der Waals surface area contributed by atoms with Crippen LogP contribution in [0.15, 0.2) is 34.4 Å². The zero-order valence-corrected chi connectivity index (χ0v) is 20.1. The highest BCUT2D eigenvalue weighted by atomic mass is 32.2. The van der Waals surface area contributed by atoms with Gasteiger partial charge in [0.05, 0.1) is 24.1 Å². The monoisotopic (exact) mass is 452 g/mol. The molecule has 0 bridgehead atoms. The highest BCUT2D eigenvalue weighted by Gasteiger charge is 2.21. The first-order valence-corrected chi connectivity index (χ1v) is 12.1. The smallest absolute Gasteiger partial charge is 0.226 e. The molecule has 4 rings (SSSR count). The lowest BCUT2D eigenvalue weighted by Gasteiger charge is -2.32. The third-order valence-electron chi connectivity index (χ3n) is 5.41. The van der Waals surface area contributed by atoms with E-state index in [9.17, 15) is 0 Å². The Kier molecular flexibility index (Phi) is 7.26. The van der Waals surface area contributed by atoms with Crippen LogP contribution in [0, 0.1) is 12.8 Å². The van der Waals surface area contributed by atoms with E-state index < -0.39 is 0 Å². The van der Waals surface area contributed by atoms with Crippen molar-refractivity contribution in [2.45, 2.75) is 20.8 Å². The SMILES string of the molecule is Cc1ccc(NSCC(C)C)cc1N=C1N=CCNc2cnc(N3CCN(C)CC3)nc21. The van der Waals surface area contributed by atoms with Crippen molar-refractivity contribution in [2.75, 3.05) is 60.5 Å². The fourth-order valence-electron chi connectivity index (χ4n) is 3.46. The van der Waals surface area contributed by atoms with Crippen molar-refractivity contribution in [1.29, 1.82) is 0 Å². The van der Waals surface area contributed by atoms with Crippen LogP contribution < -0.4 is 14.9 Å². The van der Waals surface area contributed by atoms with Gasteiger partial charge in [-0.1, -0.05) is 31.9 Å². The number of hydrogen-bond donors (Lipinski definition) is 2. The van der Waals surface area contributed by atoms with Crippen LogP contribution >= 0.6 is 11.9 Å². The van der Waals surface area contributed by atoms with E-state index in [0.29, 0.717) is 18.3 Å². The summed E-state index contributed by atoms with van der Waals surface area (Å²) >= 11 is 1.72. The van der Waals surface area contributed by atoms with Gasteiger partial charge < -0.3 is 19.8 Å². The van der Waals surface area contributed by atoms with Gasteiger partial charge in [0.15, 0.2) is 5.84 Å². The van der Waals surface area contributed by atoms with E-state index in [2.05, 4.69) is 75.8 Å². The van der Waals surface area contributed by atoms with E-state index in [0.717, 1.165) is 66.2 Å². The van der Waals surface area contributed by atoms with Gasteiger partial charge in [-0.3, -0.25) is 0 Å². The minimum Gasteiger partial charge on any atom is -0.377 e. The number of nitrogens with zero attached hydrogens (tertiary/aromatic N) is 6. The maximum atomic E-state index is 4.93. The standard InChI is InChI=1S/C23H32N8S/c1-16(2)15-32-29-18-6-5-17(3)19(13-18)27-22-21-20(24-7-8-25-22)14-26-23(28-21)31-11-9-30(4)10-12-31/h5-6,8,13-14,16,24,29H,7,9-12,15H2,1-4H3. The molecule has 3 heterocycles. The Morgan fingerprint density at radius 2 is 2.03 bits per heavy atom. The lowest BCUT2D eigenvalue weighted by molar-refractivity contribution is 0.311. The second-order valence-electron chi connectivity index (χ2n) is 8.66. The predicted octanol–water partition coefficient (Wildman–Crippen LogP) is 3.83. The maximum Gasteiger partial charge on any atom is 0.226 e. The number of aromatic nitrogens is 2. The molecular formula is C23H32N8S. The Morgan fingerprint density at radius 3 is 2.81 bits per heavy atom. The van der Waals surface area contributed by atoms with Gasteiger partial charge in [0, 0.05) is 43.8 Å². The topological polar surface area (TPSA) is 81.0 Å². The Labute approximate surface area is 194 Å². The Hall–Kier alpha value is -2.65. The van der Waals surface area contributed by atoms with Crippen LogP contribution in [0.5, 0.6) is 0 Å². The Bertz CT molecular complexity index is 995. The number of amidine groups is 1. The number of benzene rings is 1. The average molecular weight is 453 g/mol. The number of aliphatic imine (C=N–C) groups is 2. The van der Waals surface area contributed by atoms with Crippen LogP contribution in [0.2, 0.25) is 0 Å². The first-order chi connectivity index (χ1) is 15.5. The van der Waals surface area contributed by atoms with E-state index in [1.54, 1.807) is 11.9 Å². The molecule has 0 saturated carbocycles. The summed E-state index contributed by atoms with van der Waals surface area (Å²) in [4.78, 5) is 23.6. The zero-order chi connectivity index (χ0) is 22.5. The molecule has 170 valence electrons. The minimum atomic E-state index is 0.609. The molecule has 8 nitrogen and oxygen atoms in total. The second-order valence-corrected chi connectivity index (χ2v) is 9.48. The van der Waals surface area contributed by atoms with Gasteiger partial charge in [-0.05, 0) is 37.6 Å². The van der Waals surface area contributed by atoms with E-state index >= 15 is 0 Å². The number of aryl methyl sites for hydroxylation is 1. The zero-order valence-electron chi connectivity index (χ0n) is 19.3. The molecule has 9 heteroatoms. The average Bonchev–Trinajstić information content (AvgIpc) is 2.98. The molecule has 0 aliphatic carbocycles. The normalized spacial score (nSPS) is 17.9. The van der Waals surface area contributed by atoms with Crippen LogP contribution in [0.25, 0.3) is 0 Å². The Balaban J connectivity index is 1.63. The lowest BCUT2D eigenvalue weighted by atomic mass is 10.2. The summed E-state index contributed by atoms with van der Waals surface area (Å²) in [6.45, 7) is 11.0. The molecule has 1 aromatic carbocycles. The van der Waals surface area contributed by atoms with Crippen LogP contribution in [-0.2, 0) is 0 Å². The molecule has 0 spiro atoms. The highest BCUT2D eigenvalue weighted by molar-refractivity contribution is 8.00. The number of anilines is 3. The first kappa shape index (κ1) is 22.5. The van der Waals surface area contributed by atoms with Gasteiger partial charge in [0.2, 0.25) is 5.95 Å². The molecule has 2 aliphatic rings. The summed E-state index contributed by atoms with van der Waals surface area (Å²) in [7, 11) is 2.14. The molecule has 0 atom stereocenters. The van der Waals surface area contributed by atoms with E-state index in [4.69, 9.17) is 9.98 Å². The molecule has 1 saturated heterocycles. The molecule has 0 amide bonds. The predicted molar refractivity (Wildman–Crippen MR) is 137 cm³/mol. The number of hydrogen-bond acceptors (Lipinski definition) is 8. The summed E-state index contributed by atoms with van der Waals surface area (Å²) < 4.78 is 3.43. The summed E-state index contributed by atoms with van der Waals surface area (Å²) in [6.07, 6.45) is 3.69. The molecule has 32 heavy (non-hydrogen) atoms. The Morgan fingerprint density at radius 1 is 1.22 bits per heavy atom. The fraction of sp³-hybridized carbons (Fsp3) is 0.478. The van der Waals surface area contributed by atoms with Crippen molar-refractivity contribution >= 4 is 47.0 Å². The van der Waals surface area contributed by atoms with Crippen molar-refractivity contribution < 1.29 is 0 Å². The van der Waals surface area contributed by atoms with Gasteiger partial charge in [-0.2, -0.15) is 0 Å². The van der Waals surface area contributed by atoms with Crippen molar-refractivity contribution in [3.05, 3.63) is 35.7 Å². The van der Waals surface area contributed by atoms with E-state index in [1.807, 2.05) is 12.4 Å². The lowest BCUT2D eigenvalue weighted by Crippen LogP contribution is -2.45. The summed E-state index contributed by atoms with van der Waals surface area (Å²) in [5.74, 6) is 3.03. The summed E-state index contributed by atoms with van der Waals surface area (Å²) in [5.41, 5.74) is 4.63. The number of likely N-dealkylation sites (N-methyl/N-ethyl adjacent to an activating group) is 1. The quantitative estimate of drug-likeness (QED) is 0.645. The molecule has 1 fully saturated rings. The summed E-state index contributed by atoms with van der Waals surface area (Å²) in [5, 5.41) is 3.34. The fourth-order valence-corrected chi connectivity index (χ4v) is 4.17. The summed E-state index contributed by atoms with van der Waals surface area (Å²) in [6, 6.07) is 6.25. The van der Waals surface area contributed by atoms with Crippen LogP contribution in [0.1, 0.15) is 25.1 Å². The van der Waals surface area contributed by atoms with Crippen LogP contribution in [0.4, 0.5) is 23.0 Å². The van der Waals surface area contributed by atoms with Gasteiger partial charge in [0.1, 0.15) is 5.69 Å². The minimum absolute atomic E-state index is 0.609. The van der Waals surface area contributed by atoms with Crippen molar-refractivity contribution in [2.24, 2.45) is 15.9 Å². The molecule has 2 aliphatic heterocycles.